The summed E-state index contributed by atoms with van der Waals surface area (Å²) in [5.74, 6) is -0.966. The number of rotatable bonds is 5. The van der Waals surface area contributed by atoms with Gasteiger partial charge in [-0.05, 0) is 35.9 Å². The summed E-state index contributed by atoms with van der Waals surface area (Å²) in [6, 6.07) is 11.6. The maximum absolute atomic E-state index is 12.3. The van der Waals surface area contributed by atoms with Crippen molar-refractivity contribution in [2.75, 3.05) is 5.32 Å². The molecule has 0 saturated heterocycles. The number of benzene rings is 2. The van der Waals surface area contributed by atoms with Crippen molar-refractivity contribution in [3.8, 4) is 11.8 Å². The van der Waals surface area contributed by atoms with Gasteiger partial charge in [-0.2, -0.15) is 5.26 Å². The number of ether oxygens (including phenoxy) is 1. The summed E-state index contributed by atoms with van der Waals surface area (Å²) in [5, 5.41) is 22.8. The van der Waals surface area contributed by atoms with Crippen LogP contribution in [0.4, 0.5) is 11.4 Å². The van der Waals surface area contributed by atoms with Crippen molar-refractivity contribution in [1.82, 2.24) is 0 Å². The number of carbonyl (C=O) groups excluding carboxylic acids is 2. The predicted octanol–water partition coefficient (Wildman–Crippen LogP) is 3.72. The Kier molecular flexibility index (Phi) is 6.25. The lowest BCUT2D eigenvalue weighted by atomic mass is 10.1. The fourth-order valence-corrected chi connectivity index (χ4v) is 2.23. The minimum atomic E-state index is -0.813. The van der Waals surface area contributed by atoms with E-state index in [9.17, 15) is 25.0 Å². The van der Waals surface area contributed by atoms with Crippen molar-refractivity contribution in [3.05, 3.63) is 68.7 Å². The first kappa shape index (κ1) is 19.6. The van der Waals surface area contributed by atoms with Crippen molar-refractivity contribution in [2.45, 2.75) is 6.92 Å². The number of carbonyl (C=O) groups is 2. The zero-order valence-electron chi connectivity index (χ0n) is 13.9. The number of nitro groups is 1. The van der Waals surface area contributed by atoms with Crippen molar-refractivity contribution in [1.29, 1.82) is 5.26 Å². The van der Waals surface area contributed by atoms with E-state index in [1.165, 1.54) is 37.3 Å². The zero-order chi connectivity index (χ0) is 20.0. The molecule has 0 spiro atoms. The number of halogens is 1. The first-order valence-electron chi connectivity index (χ1n) is 7.45. The van der Waals surface area contributed by atoms with E-state index in [-0.39, 0.29) is 22.0 Å². The van der Waals surface area contributed by atoms with Gasteiger partial charge in [0, 0.05) is 18.0 Å². The third-order valence-corrected chi connectivity index (χ3v) is 3.46. The summed E-state index contributed by atoms with van der Waals surface area (Å²) in [4.78, 5) is 33.6. The van der Waals surface area contributed by atoms with Crippen LogP contribution in [0.5, 0.6) is 5.75 Å². The molecule has 1 amide bonds. The van der Waals surface area contributed by atoms with Crippen LogP contribution >= 0.6 is 11.6 Å². The number of amides is 1. The van der Waals surface area contributed by atoms with Crippen molar-refractivity contribution in [2.24, 2.45) is 0 Å². The van der Waals surface area contributed by atoms with E-state index in [2.05, 4.69) is 5.32 Å². The Morgan fingerprint density at radius 3 is 2.48 bits per heavy atom. The molecule has 8 nitrogen and oxygen atoms in total. The fraction of sp³-hybridized carbons (Fsp3) is 0.0556. The number of hydrogen-bond donors (Lipinski definition) is 1. The highest BCUT2D eigenvalue weighted by molar-refractivity contribution is 6.31. The van der Waals surface area contributed by atoms with E-state index in [1.807, 2.05) is 0 Å². The Balaban J connectivity index is 2.24. The Labute approximate surface area is 158 Å². The van der Waals surface area contributed by atoms with Gasteiger partial charge < -0.3 is 10.1 Å². The van der Waals surface area contributed by atoms with Gasteiger partial charge in [0.05, 0.1) is 4.92 Å². The second-order valence-electron chi connectivity index (χ2n) is 5.21. The maximum atomic E-state index is 12.3. The number of nitriles is 1. The molecule has 0 aromatic heterocycles. The van der Waals surface area contributed by atoms with Crippen LogP contribution in [-0.2, 0) is 9.59 Å². The Morgan fingerprint density at radius 2 is 1.93 bits per heavy atom. The molecule has 0 bridgehead atoms. The van der Waals surface area contributed by atoms with E-state index < -0.39 is 16.8 Å². The second kappa shape index (κ2) is 8.60. The Hall–Kier alpha value is -3.70. The standard InChI is InChI=1S/C18H12ClN3O5/c1-11(23)27-15-5-2-12(3-6-15)8-13(10-20)18(24)21-16-7-4-14(19)9-17(16)22(25)26/h2-9H,1H3,(H,21,24)/b13-8+. The number of nitro benzene ring substituents is 1. The van der Waals surface area contributed by atoms with Gasteiger partial charge in [-0.3, -0.25) is 19.7 Å². The predicted molar refractivity (Wildman–Crippen MR) is 98.1 cm³/mol. The molecule has 0 aliphatic heterocycles. The molecule has 0 saturated carbocycles. The number of esters is 1. The molecule has 0 unspecified atom stereocenters. The van der Waals surface area contributed by atoms with E-state index in [4.69, 9.17) is 16.3 Å². The lowest BCUT2D eigenvalue weighted by Gasteiger charge is -2.06. The summed E-state index contributed by atoms with van der Waals surface area (Å²) in [6.45, 7) is 1.27. The summed E-state index contributed by atoms with van der Waals surface area (Å²) < 4.78 is 4.89. The van der Waals surface area contributed by atoms with Crippen LogP contribution in [0, 0.1) is 21.4 Å². The van der Waals surface area contributed by atoms with Gasteiger partial charge in [0.15, 0.2) is 0 Å². The monoisotopic (exact) mass is 385 g/mol. The SMILES string of the molecule is CC(=O)Oc1ccc(/C=C(\C#N)C(=O)Nc2ccc(Cl)cc2[N+](=O)[O-])cc1. The molecule has 2 aromatic carbocycles. The largest absolute Gasteiger partial charge is 0.427 e. The van der Waals surface area contributed by atoms with Gasteiger partial charge in [-0.25, -0.2) is 0 Å². The maximum Gasteiger partial charge on any atom is 0.308 e. The molecular formula is C18H12ClN3O5. The Morgan fingerprint density at radius 1 is 1.26 bits per heavy atom. The summed E-state index contributed by atoms with van der Waals surface area (Å²) in [6.07, 6.45) is 1.30. The topological polar surface area (TPSA) is 122 Å². The lowest BCUT2D eigenvalue weighted by molar-refractivity contribution is -0.383. The van der Waals surface area contributed by atoms with Crippen LogP contribution in [0.15, 0.2) is 48.0 Å². The molecule has 0 fully saturated rings. The highest BCUT2D eigenvalue weighted by Crippen LogP contribution is 2.28. The van der Waals surface area contributed by atoms with E-state index >= 15 is 0 Å². The van der Waals surface area contributed by atoms with Gasteiger partial charge in [0.25, 0.3) is 11.6 Å². The molecule has 0 atom stereocenters. The average Bonchev–Trinajstić information content (AvgIpc) is 2.61. The fourth-order valence-electron chi connectivity index (χ4n) is 2.06. The van der Waals surface area contributed by atoms with Gasteiger partial charge in [0.2, 0.25) is 0 Å². The lowest BCUT2D eigenvalue weighted by Crippen LogP contribution is -2.14. The number of hydrogen-bond acceptors (Lipinski definition) is 6. The molecule has 27 heavy (non-hydrogen) atoms. The molecule has 0 heterocycles. The van der Waals surface area contributed by atoms with Gasteiger partial charge in [-0.1, -0.05) is 23.7 Å². The highest BCUT2D eigenvalue weighted by Gasteiger charge is 2.18. The quantitative estimate of drug-likeness (QED) is 0.209. The van der Waals surface area contributed by atoms with E-state index in [1.54, 1.807) is 18.2 Å². The number of nitrogens with one attached hydrogen (secondary N) is 1. The van der Waals surface area contributed by atoms with Crippen LogP contribution in [-0.4, -0.2) is 16.8 Å². The molecule has 0 radical (unpaired) electrons. The van der Waals surface area contributed by atoms with Crippen LogP contribution in [0.2, 0.25) is 5.02 Å². The minimum absolute atomic E-state index is 0.0826. The van der Waals surface area contributed by atoms with Gasteiger partial charge in [0.1, 0.15) is 23.1 Å². The highest BCUT2D eigenvalue weighted by atomic mass is 35.5. The summed E-state index contributed by atoms with van der Waals surface area (Å²) >= 11 is 5.73. The summed E-state index contributed by atoms with van der Waals surface area (Å²) in [7, 11) is 0. The van der Waals surface area contributed by atoms with E-state index in [0.29, 0.717) is 11.3 Å². The Bertz CT molecular complexity index is 977. The van der Waals surface area contributed by atoms with Crippen LogP contribution in [0.3, 0.4) is 0 Å². The zero-order valence-corrected chi connectivity index (χ0v) is 14.7. The minimum Gasteiger partial charge on any atom is -0.427 e. The number of nitrogens with zero attached hydrogens (tertiary/aromatic N) is 2. The normalized spacial score (nSPS) is 10.6. The molecule has 0 aliphatic carbocycles. The number of anilines is 1. The van der Waals surface area contributed by atoms with Crippen LogP contribution < -0.4 is 10.1 Å². The smallest absolute Gasteiger partial charge is 0.308 e. The molecule has 9 heteroatoms. The molecule has 136 valence electrons. The molecular weight excluding hydrogens is 374 g/mol. The second-order valence-corrected chi connectivity index (χ2v) is 5.64. The molecule has 2 rings (SSSR count). The molecule has 0 aliphatic rings. The first-order valence-corrected chi connectivity index (χ1v) is 7.83. The third kappa shape index (κ3) is 5.39. The van der Waals surface area contributed by atoms with Crippen LogP contribution in [0.1, 0.15) is 12.5 Å². The van der Waals surface area contributed by atoms with Crippen LogP contribution in [0.25, 0.3) is 6.08 Å². The average molecular weight is 386 g/mol. The van der Waals surface area contributed by atoms with Gasteiger partial charge in [-0.15, -0.1) is 0 Å². The molecule has 1 N–H and O–H groups in total. The molecule has 2 aromatic rings. The summed E-state index contributed by atoms with van der Waals surface area (Å²) in [5.41, 5.74) is -0.234. The van der Waals surface area contributed by atoms with Crippen molar-refractivity contribution >= 4 is 40.9 Å². The third-order valence-electron chi connectivity index (χ3n) is 3.22. The van der Waals surface area contributed by atoms with Gasteiger partial charge >= 0.3 is 5.97 Å². The first-order chi connectivity index (χ1) is 12.8. The van der Waals surface area contributed by atoms with Crippen molar-refractivity contribution < 1.29 is 19.2 Å². The van der Waals surface area contributed by atoms with Crippen molar-refractivity contribution in [3.63, 3.8) is 0 Å². The van der Waals surface area contributed by atoms with E-state index in [0.717, 1.165) is 6.07 Å².